The molecule has 0 radical (unpaired) electrons. The lowest BCUT2D eigenvalue weighted by atomic mass is 10.1. The maximum absolute atomic E-state index is 4.61. The summed E-state index contributed by atoms with van der Waals surface area (Å²) in [4.78, 5) is 8.80. The van der Waals surface area contributed by atoms with Crippen molar-refractivity contribution < 1.29 is 0 Å². The van der Waals surface area contributed by atoms with Gasteiger partial charge < -0.3 is 0 Å². The van der Waals surface area contributed by atoms with Gasteiger partial charge in [-0.25, -0.2) is 4.98 Å². The number of pyridine rings is 2. The van der Waals surface area contributed by atoms with Crippen LogP contribution in [0.25, 0.3) is 23.1 Å². The molecule has 0 N–H and O–H groups in total. The molecule has 3 rings (SSSR count). The van der Waals surface area contributed by atoms with Crippen molar-refractivity contribution in [1.29, 1.82) is 0 Å². The molecule has 0 aliphatic heterocycles. The van der Waals surface area contributed by atoms with Gasteiger partial charge in [-0.1, -0.05) is 30.3 Å². The van der Waals surface area contributed by atoms with Crippen LogP contribution in [-0.2, 0) is 0 Å². The van der Waals surface area contributed by atoms with Gasteiger partial charge in [-0.05, 0) is 42.8 Å². The van der Waals surface area contributed by atoms with E-state index in [0.29, 0.717) is 0 Å². The molecule has 2 nitrogen and oxygen atoms in total. The second-order valence-corrected chi connectivity index (χ2v) is 4.49. The maximum Gasteiger partial charge on any atom is 0.0709 e. The fourth-order valence-corrected chi connectivity index (χ4v) is 2.03. The molecule has 2 heterocycles. The van der Waals surface area contributed by atoms with Crippen molar-refractivity contribution in [1.82, 2.24) is 9.97 Å². The van der Waals surface area contributed by atoms with Crippen LogP contribution >= 0.6 is 0 Å². The number of para-hydroxylation sites is 1. The highest BCUT2D eigenvalue weighted by molar-refractivity contribution is 5.80. The molecular weight excluding hydrogens is 232 g/mol. The molecule has 0 atom stereocenters. The highest BCUT2D eigenvalue weighted by Gasteiger charge is 1.95. The summed E-state index contributed by atoms with van der Waals surface area (Å²) in [6, 6.07) is 16.3. The highest BCUT2D eigenvalue weighted by Crippen LogP contribution is 2.13. The zero-order valence-electron chi connectivity index (χ0n) is 10.7. The topological polar surface area (TPSA) is 25.8 Å². The molecule has 1 aromatic carbocycles. The van der Waals surface area contributed by atoms with Crippen LogP contribution < -0.4 is 0 Å². The van der Waals surface area contributed by atoms with Gasteiger partial charge in [-0.2, -0.15) is 0 Å². The Morgan fingerprint density at radius 1 is 0.947 bits per heavy atom. The number of aryl methyl sites for hydroxylation is 1. The van der Waals surface area contributed by atoms with Gasteiger partial charge >= 0.3 is 0 Å². The van der Waals surface area contributed by atoms with E-state index in [-0.39, 0.29) is 0 Å². The Labute approximate surface area is 112 Å². The summed E-state index contributed by atoms with van der Waals surface area (Å²) in [5.74, 6) is 0. The number of fused-ring (bicyclic) bond motifs is 1. The molecule has 3 aromatic rings. The lowest BCUT2D eigenvalue weighted by Crippen LogP contribution is -1.83. The molecule has 0 unspecified atom stereocenters. The number of benzene rings is 1. The van der Waals surface area contributed by atoms with Gasteiger partial charge in [0, 0.05) is 17.3 Å². The lowest BCUT2D eigenvalue weighted by Gasteiger charge is -1.99. The summed E-state index contributed by atoms with van der Waals surface area (Å²) in [7, 11) is 0. The molecule has 92 valence electrons. The van der Waals surface area contributed by atoms with E-state index in [1.807, 2.05) is 49.5 Å². The average molecular weight is 246 g/mol. The summed E-state index contributed by atoms with van der Waals surface area (Å²) in [5.41, 5.74) is 4.15. The molecule has 0 bridgehead atoms. The van der Waals surface area contributed by atoms with Crippen molar-refractivity contribution in [2.45, 2.75) is 6.92 Å². The fraction of sp³-hybridized carbons (Fsp3) is 0.0588. The first kappa shape index (κ1) is 11.6. The molecule has 0 saturated heterocycles. The van der Waals surface area contributed by atoms with Gasteiger partial charge in [0.2, 0.25) is 0 Å². The molecule has 2 heteroatoms. The lowest BCUT2D eigenvalue weighted by molar-refractivity contribution is 1.20. The van der Waals surface area contributed by atoms with E-state index in [1.165, 1.54) is 5.39 Å². The van der Waals surface area contributed by atoms with Gasteiger partial charge in [0.05, 0.1) is 11.2 Å². The molecule has 2 aromatic heterocycles. The number of hydrogen-bond acceptors (Lipinski definition) is 2. The third-order valence-corrected chi connectivity index (χ3v) is 2.99. The van der Waals surface area contributed by atoms with Gasteiger partial charge in [0.25, 0.3) is 0 Å². The molecule has 0 fully saturated rings. The summed E-state index contributed by atoms with van der Waals surface area (Å²) < 4.78 is 0. The van der Waals surface area contributed by atoms with Gasteiger partial charge in [-0.3, -0.25) is 4.98 Å². The predicted octanol–water partition coefficient (Wildman–Crippen LogP) is 4.11. The number of hydrogen-bond donors (Lipinski definition) is 0. The molecule has 0 aliphatic carbocycles. The van der Waals surface area contributed by atoms with Crippen LogP contribution in [0.3, 0.4) is 0 Å². The van der Waals surface area contributed by atoms with Gasteiger partial charge in [0.15, 0.2) is 0 Å². The Morgan fingerprint density at radius 2 is 1.84 bits per heavy atom. The first-order valence-corrected chi connectivity index (χ1v) is 6.28. The first-order valence-electron chi connectivity index (χ1n) is 6.28. The van der Waals surface area contributed by atoms with Crippen molar-refractivity contribution in [3.63, 3.8) is 0 Å². The van der Waals surface area contributed by atoms with E-state index >= 15 is 0 Å². The van der Waals surface area contributed by atoms with Crippen LogP contribution in [-0.4, -0.2) is 9.97 Å². The highest BCUT2D eigenvalue weighted by atomic mass is 14.7. The van der Waals surface area contributed by atoms with E-state index in [0.717, 1.165) is 22.5 Å². The zero-order chi connectivity index (χ0) is 13.1. The fourth-order valence-electron chi connectivity index (χ4n) is 2.03. The summed E-state index contributed by atoms with van der Waals surface area (Å²) in [6.07, 6.45) is 5.91. The Kier molecular flexibility index (Phi) is 3.07. The van der Waals surface area contributed by atoms with Crippen molar-refractivity contribution in [3.05, 3.63) is 71.7 Å². The molecular formula is C17H14N2. The monoisotopic (exact) mass is 246 g/mol. The van der Waals surface area contributed by atoms with Crippen LogP contribution in [0, 0.1) is 6.92 Å². The SMILES string of the molecule is Cc1cc(/C=C/c2ccc3ccccc3n2)ccn1. The van der Waals surface area contributed by atoms with Crippen molar-refractivity contribution in [2.75, 3.05) is 0 Å². The Hall–Kier alpha value is -2.48. The average Bonchev–Trinajstić information content (AvgIpc) is 2.45. The quantitative estimate of drug-likeness (QED) is 0.680. The van der Waals surface area contributed by atoms with Crippen LogP contribution in [0.2, 0.25) is 0 Å². The van der Waals surface area contributed by atoms with Gasteiger partial charge in [0.1, 0.15) is 0 Å². The Morgan fingerprint density at radius 3 is 2.74 bits per heavy atom. The van der Waals surface area contributed by atoms with E-state index in [1.54, 1.807) is 0 Å². The van der Waals surface area contributed by atoms with Crippen LogP contribution in [0.5, 0.6) is 0 Å². The van der Waals surface area contributed by atoms with E-state index in [9.17, 15) is 0 Å². The van der Waals surface area contributed by atoms with E-state index < -0.39 is 0 Å². The summed E-state index contributed by atoms with van der Waals surface area (Å²) in [6.45, 7) is 1.99. The molecule has 0 aliphatic rings. The molecule has 0 spiro atoms. The minimum Gasteiger partial charge on any atom is -0.262 e. The van der Waals surface area contributed by atoms with Gasteiger partial charge in [-0.15, -0.1) is 0 Å². The second-order valence-electron chi connectivity index (χ2n) is 4.49. The van der Waals surface area contributed by atoms with Crippen molar-refractivity contribution >= 4 is 23.1 Å². The smallest absolute Gasteiger partial charge is 0.0709 e. The van der Waals surface area contributed by atoms with Crippen LogP contribution in [0.4, 0.5) is 0 Å². The third-order valence-electron chi connectivity index (χ3n) is 2.99. The van der Waals surface area contributed by atoms with Crippen LogP contribution in [0.1, 0.15) is 17.0 Å². The standard InChI is InChI=1S/C17H14N2/c1-13-12-14(10-11-18-13)6-8-16-9-7-15-4-2-3-5-17(15)19-16/h2-12H,1H3/b8-6+. The van der Waals surface area contributed by atoms with Crippen LogP contribution in [0.15, 0.2) is 54.7 Å². The first-order chi connectivity index (χ1) is 9.31. The maximum atomic E-state index is 4.61. The molecule has 0 amide bonds. The zero-order valence-corrected chi connectivity index (χ0v) is 10.7. The summed E-state index contributed by atoms with van der Waals surface area (Å²) >= 11 is 0. The van der Waals surface area contributed by atoms with E-state index in [4.69, 9.17) is 0 Å². The number of rotatable bonds is 2. The van der Waals surface area contributed by atoms with E-state index in [2.05, 4.69) is 34.2 Å². The second kappa shape index (κ2) is 5.02. The minimum absolute atomic E-state index is 0.966. The molecule has 19 heavy (non-hydrogen) atoms. The normalized spacial score (nSPS) is 11.2. The Bertz CT molecular complexity index is 745. The summed E-state index contributed by atoms with van der Waals surface area (Å²) in [5, 5.41) is 1.17. The predicted molar refractivity (Wildman–Crippen MR) is 79.6 cm³/mol. The van der Waals surface area contributed by atoms with Crippen molar-refractivity contribution in [2.24, 2.45) is 0 Å². The number of nitrogens with zero attached hydrogens (tertiary/aromatic N) is 2. The Balaban J connectivity index is 1.92. The third kappa shape index (κ3) is 2.68. The van der Waals surface area contributed by atoms with Crippen molar-refractivity contribution in [3.8, 4) is 0 Å². The molecule has 0 saturated carbocycles. The minimum atomic E-state index is 0.966. The largest absolute Gasteiger partial charge is 0.262 e. The number of aromatic nitrogens is 2.